The van der Waals surface area contributed by atoms with E-state index in [0.29, 0.717) is 5.88 Å². The van der Waals surface area contributed by atoms with E-state index < -0.39 is 0 Å². The number of phenols is 1. The molecule has 7 nitrogen and oxygen atoms in total. The van der Waals surface area contributed by atoms with Gasteiger partial charge in [0.25, 0.3) is 0 Å². The third-order valence-corrected chi connectivity index (χ3v) is 4.33. The highest BCUT2D eigenvalue weighted by atomic mass is 16.5. The van der Waals surface area contributed by atoms with Crippen molar-refractivity contribution in [3.8, 4) is 5.75 Å². The van der Waals surface area contributed by atoms with Crippen molar-refractivity contribution in [1.82, 2.24) is 10.1 Å². The molecule has 128 valence electrons. The van der Waals surface area contributed by atoms with Crippen molar-refractivity contribution in [3.05, 3.63) is 36.0 Å². The molecule has 1 aromatic heterocycles. The number of aromatic hydroxyl groups is 1. The number of aryl methyl sites for hydroxylation is 1. The van der Waals surface area contributed by atoms with E-state index in [-0.39, 0.29) is 17.7 Å². The number of hydrogen-bond donors (Lipinski definition) is 2. The smallest absolute Gasteiger partial charge is 0.243 e. The topological polar surface area (TPSA) is 81.8 Å². The molecule has 0 saturated carbocycles. The monoisotopic (exact) mass is 330 g/mol. The van der Waals surface area contributed by atoms with Gasteiger partial charge in [-0.3, -0.25) is 15.0 Å². The molecule has 1 saturated heterocycles. The average Bonchev–Trinajstić information content (AvgIpc) is 3.00. The Labute approximate surface area is 140 Å². The van der Waals surface area contributed by atoms with Crippen molar-refractivity contribution < 1.29 is 14.4 Å². The van der Waals surface area contributed by atoms with Crippen LogP contribution >= 0.6 is 0 Å². The molecule has 1 aromatic carbocycles. The van der Waals surface area contributed by atoms with E-state index in [2.05, 4.69) is 20.3 Å². The summed E-state index contributed by atoms with van der Waals surface area (Å²) in [6, 6.07) is 8.67. The molecule has 0 aliphatic carbocycles. The van der Waals surface area contributed by atoms with Crippen LogP contribution in [0.2, 0.25) is 0 Å². The van der Waals surface area contributed by atoms with Gasteiger partial charge in [-0.2, -0.15) is 0 Å². The Kier molecular flexibility index (Phi) is 4.71. The Hall–Kier alpha value is -2.54. The Balaban J connectivity index is 1.53. The highest BCUT2D eigenvalue weighted by Gasteiger charge is 2.26. The van der Waals surface area contributed by atoms with E-state index in [4.69, 9.17) is 4.52 Å². The molecule has 1 atom stereocenters. The molecule has 7 heteroatoms. The van der Waals surface area contributed by atoms with Gasteiger partial charge < -0.3 is 14.5 Å². The maximum absolute atomic E-state index is 12.3. The molecule has 2 N–H and O–H groups in total. The number of carbonyl (C=O) groups excluding carboxylic acids is 1. The standard InChI is InChI=1S/C17H22N4O3/c1-12-11-16(24-19-12)18-17(23)13(2)20-7-9-21(10-8-20)14-3-5-15(22)6-4-14/h3-6,11,13,22H,7-10H2,1-2H3,(H,18,23). The quantitative estimate of drug-likeness (QED) is 0.890. The summed E-state index contributed by atoms with van der Waals surface area (Å²) in [5.74, 6) is 0.557. The lowest BCUT2D eigenvalue weighted by Crippen LogP contribution is -2.52. The molecule has 0 bridgehead atoms. The summed E-state index contributed by atoms with van der Waals surface area (Å²) in [7, 11) is 0. The van der Waals surface area contributed by atoms with Gasteiger partial charge in [-0.15, -0.1) is 0 Å². The molecule has 3 rings (SSSR count). The summed E-state index contributed by atoms with van der Waals surface area (Å²) < 4.78 is 5.03. The van der Waals surface area contributed by atoms with Crippen LogP contribution in [-0.2, 0) is 4.79 Å². The second-order valence-electron chi connectivity index (χ2n) is 6.04. The third-order valence-electron chi connectivity index (χ3n) is 4.33. The van der Waals surface area contributed by atoms with Gasteiger partial charge in [0, 0.05) is 37.9 Å². The molecule has 1 unspecified atom stereocenters. The molecule has 1 fully saturated rings. The number of carbonyl (C=O) groups is 1. The molecule has 1 aliphatic rings. The lowest BCUT2D eigenvalue weighted by atomic mass is 10.2. The zero-order chi connectivity index (χ0) is 17.1. The Bertz CT molecular complexity index is 690. The molecule has 0 spiro atoms. The van der Waals surface area contributed by atoms with Crippen molar-refractivity contribution in [3.63, 3.8) is 0 Å². The zero-order valence-electron chi connectivity index (χ0n) is 13.9. The van der Waals surface area contributed by atoms with Gasteiger partial charge in [0.1, 0.15) is 5.75 Å². The number of nitrogens with zero attached hydrogens (tertiary/aromatic N) is 3. The highest BCUT2D eigenvalue weighted by molar-refractivity contribution is 5.93. The van der Waals surface area contributed by atoms with Gasteiger partial charge in [-0.05, 0) is 38.1 Å². The Morgan fingerprint density at radius 3 is 2.50 bits per heavy atom. The largest absolute Gasteiger partial charge is 0.508 e. The molecule has 0 radical (unpaired) electrons. The van der Waals surface area contributed by atoms with Crippen molar-refractivity contribution in [2.45, 2.75) is 19.9 Å². The molecule has 2 heterocycles. The first-order chi connectivity index (χ1) is 11.5. The molecular weight excluding hydrogens is 308 g/mol. The van der Waals surface area contributed by atoms with E-state index >= 15 is 0 Å². The van der Waals surface area contributed by atoms with Gasteiger partial charge in [0.05, 0.1) is 11.7 Å². The number of rotatable bonds is 4. The van der Waals surface area contributed by atoms with Crippen LogP contribution in [0.4, 0.5) is 11.6 Å². The van der Waals surface area contributed by atoms with Gasteiger partial charge in [0.15, 0.2) is 0 Å². The highest BCUT2D eigenvalue weighted by Crippen LogP contribution is 2.20. The first kappa shape index (κ1) is 16.3. The van der Waals surface area contributed by atoms with Crippen LogP contribution < -0.4 is 10.2 Å². The Morgan fingerprint density at radius 1 is 1.25 bits per heavy atom. The van der Waals surface area contributed by atoms with Crippen LogP contribution in [0, 0.1) is 6.92 Å². The molecule has 1 amide bonds. The first-order valence-corrected chi connectivity index (χ1v) is 8.05. The predicted molar refractivity (Wildman–Crippen MR) is 91.2 cm³/mol. The second-order valence-corrected chi connectivity index (χ2v) is 6.04. The van der Waals surface area contributed by atoms with E-state index in [0.717, 1.165) is 37.6 Å². The summed E-state index contributed by atoms with van der Waals surface area (Å²) >= 11 is 0. The summed E-state index contributed by atoms with van der Waals surface area (Å²) in [6.07, 6.45) is 0. The van der Waals surface area contributed by atoms with Crippen molar-refractivity contribution >= 4 is 17.5 Å². The number of benzene rings is 1. The van der Waals surface area contributed by atoms with Crippen LogP contribution in [0.5, 0.6) is 5.75 Å². The van der Waals surface area contributed by atoms with Crippen molar-refractivity contribution in [2.24, 2.45) is 0 Å². The maximum atomic E-state index is 12.3. The number of amides is 1. The van der Waals surface area contributed by atoms with Crippen LogP contribution in [0.3, 0.4) is 0 Å². The van der Waals surface area contributed by atoms with Crippen LogP contribution in [-0.4, -0.2) is 53.3 Å². The maximum Gasteiger partial charge on any atom is 0.243 e. The fraction of sp³-hybridized carbons (Fsp3) is 0.412. The molecular formula is C17H22N4O3. The average molecular weight is 330 g/mol. The van der Waals surface area contributed by atoms with E-state index in [1.807, 2.05) is 26.0 Å². The first-order valence-electron chi connectivity index (χ1n) is 8.05. The minimum atomic E-state index is -0.239. The van der Waals surface area contributed by atoms with E-state index in [9.17, 15) is 9.90 Å². The van der Waals surface area contributed by atoms with Gasteiger partial charge >= 0.3 is 0 Å². The lowest BCUT2D eigenvalue weighted by Gasteiger charge is -2.38. The fourth-order valence-electron chi connectivity index (χ4n) is 2.85. The summed E-state index contributed by atoms with van der Waals surface area (Å²) in [5.41, 5.74) is 1.82. The lowest BCUT2D eigenvalue weighted by molar-refractivity contribution is -0.121. The number of nitrogens with one attached hydrogen (secondary N) is 1. The number of aromatic nitrogens is 1. The normalized spacial score (nSPS) is 16.8. The van der Waals surface area contributed by atoms with Crippen molar-refractivity contribution in [2.75, 3.05) is 36.4 Å². The predicted octanol–water partition coefficient (Wildman–Crippen LogP) is 1.84. The molecule has 24 heavy (non-hydrogen) atoms. The van der Waals surface area contributed by atoms with Crippen molar-refractivity contribution in [1.29, 1.82) is 0 Å². The van der Waals surface area contributed by atoms with Gasteiger partial charge in [-0.1, -0.05) is 5.16 Å². The van der Waals surface area contributed by atoms with Gasteiger partial charge in [0.2, 0.25) is 11.8 Å². The Morgan fingerprint density at radius 2 is 1.92 bits per heavy atom. The SMILES string of the molecule is Cc1cc(NC(=O)C(C)N2CCN(c3ccc(O)cc3)CC2)on1. The van der Waals surface area contributed by atoms with Gasteiger partial charge in [-0.25, -0.2) is 0 Å². The van der Waals surface area contributed by atoms with Crippen LogP contribution in [0.25, 0.3) is 0 Å². The fourth-order valence-corrected chi connectivity index (χ4v) is 2.85. The minimum absolute atomic E-state index is 0.0933. The van der Waals surface area contributed by atoms with E-state index in [1.165, 1.54) is 0 Å². The summed E-state index contributed by atoms with van der Waals surface area (Å²) in [5, 5.41) is 15.9. The number of hydrogen-bond acceptors (Lipinski definition) is 6. The number of piperazine rings is 1. The van der Waals surface area contributed by atoms with Crippen LogP contribution in [0.1, 0.15) is 12.6 Å². The summed E-state index contributed by atoms with van der Waals surface area (Å²) in [4.78, 5) is 16.7. The third kappa shape index (κ3) is 3.68. The zero-order valence-corrected chi connectivity index (χ0v) is 13.9. The minimum Gasteiger partial charge on any atom is -0.508 e. The van der Waals surface area contributed by atoms with Crippen LogP contribution in [0.15, 0.2) is 34.9 Å². The summed E-state index contributed by atoms with van der Waals surface area (Å²) in [6.45, 7) is 6.98. The second kappa shape index (κ2) is 6.92. The molecule has 1 aliphatic heterocycles. The number of anilines is 2. The molecule has 2 aromatic rings. The van der Waals surface area contributed by atoms with E-state index in [1.54, 1.807) is 18.2 Å². The number of phenolic OH excluding ortho intramolecular Hbond substituents is 1.